The highest BCUT2D eigenvalue weighted by atomic mass is 16.4. The van der Waals surface area contributed by atoms with Gasteiger partial charge in [-0.3, -0.25) is 4.79 Å². The number of carboxylic acid groups (broad SMARTS) is 1. The molecule has 0 saturated heterocycles. The molecule has 1 rings (SSSR count). The van der Waals surface area contributed by atoms with Crippen molar-refractivity contribution in [3.8, 4) is 0 Å². The van der Waals surface area contributed by atoms with E-state index in [9.17, 15) is 4.79 Å². The summed E-state index contributed by atoms with van der Waals surface area (Å²) in [5, 5.41) is 9.16. The number of hydrogen-bond acceptors (Lipinski definition) is 3. The minimum atomic E-state index is -0.741. The number of aryl methyl sites for hydroxylation is 1. The highest BCUT2D eigenvalue weighted by molar-refractivity contribution is 5.70. The molecular formula is C18H30N2O2. The van der Waals surface area contributed by atoms with Gasteiger partial charge < -0.3 is 14.9 Å². The highest BCUT2D eigenvalue weighted by Gasteiger charge is 2.16. The lowest BCUT2D eigenvalue weighted by molar-refractivity contribution is -0.140. The fourth-order valence-electron chi connectivity index (χ4n) is 2.31. The zero-order valence-electron chi connectivity index (χ0n) is 14.4. The van der Waals surface area contributed by atoms with Crippen molar-refractivity contribution in [1.29, 1.82) is 0 Å². The van der Waals surface area contributed by atoms with Crippen LogP contribution in [0.2, 0.25) is 0 Å². The first-order chi connectivity index (χ1) is 10.4. The molecule has 0 radical (unpaired) electrons. The van der Waals surface area contributed by atoms with Crippen LogP contribution in [0.4, 0.5) is 5.69 Å². The SMILES string of the molecule is CCCCc1ccc(N(CCN(C)C)CC(C)C(=O)O)cc1. The van der Waals surface area contributed by atoms with E-state index in [2.05, 4.69) is 41.0 Å². The van der Waals surface area contributed by atoms with Gasteiger partial charge in [0.1, 0.15) is 0 Å². The average Bonchev–Trinajstić information content (AvgIpc) is 2.49. The predicted octanol–water partition coefficient (Wildman–Crippen LogP) is 3.12. The minimum Gasteiger partial charge on any atom is -0.481 e. The topological polar surface area (TPSA) is 43.8 Å². The van der Waals surface area contributed by atoms with E-state index in [1.807, 2.05) is 14.1 Å². The smallest absolute Gasteiger partial charge is 0.308 e. The number of aliphatic carboxylic acids is 1. The second kappa shape index (κ2) is 9.46. The van der Waals surface area contributed by atoms with E-state index in [0.29, 0.717) is 6.54 Å². The number of hydrogen-bond donors (Lipinski definition) is 1. The molecule has 0 saturated carbocycles. The Morgan fingerprint density at radius 3 is 2.32 bits per heavy atom. The van der Waals surface area contributed by atoms with Crippen molar-refractivity contribution in [2.45, 2.75) is 33.1 Å². The van der Waals surface area contributed by atoms with Gasteiger partial charge in [0.2, 0.25) is 0 Å². The molecule has 1 atom stereocenters. The van der Waals surface area contributed by atoms with Crippen LogP contribution in [0.25, 0.3) is 0 Å². The second-order valence-electron chi connectivity index (χ2n) is 6.26. The number of carboxylic acids is 1. The van der Waals surface area contributed by atoms with E-state index >= 15 is 0 Å². The largest absolute Gasteiger partial charge is 0.481 e. The molecule has 0 spiro atoms. The number of likely N-dealkylation sites (N-methyl/N-ethyl adjacent to an activating group) is 1. The molecule has 0 aliphatic rings. The van der Waals surface area contributed by atoms with Crippen molar-refractivity contribution in [2.75, 3.05) is 38.6 Å². The zero-order chi connectivity index (χ0) is 16.5. The Labute approximate surface area is 134 Å². The van der Waals surface area contributed by atoms with E-state index in [-0.39, 0.29) is 5.92 Å². The molecule has 22 heavy (non-hydrogen) atoms. The molecule has 1 unspecified atom stereocenters. The maximum atomic E-state index is 11.1. The maximum absolute atomic E-state index is 11.1. The van der Waals surface area contributed by atoms with Gasteiger partial charge in [-0.1, -0.05) is 32.4 Å². The fourth-order valence-corrected chi connectivity index (χ4v) is 2.31. The second-order valence-corrected chi connectivity index (χ2v) is 6.26. The van der Waals surface area contributed by atoms with Crippen LogP contribution in [0.15, 0.2) is 24.3 Å². The van der Waals surface area contributed by atoms with E-state index in [1.54, 1.807) is 6.92 Å². The number of benzene rings is 1. The van der Waals surface area contributed by atoms with Crippen molar-refractivity contribution < 1.29 is 9.90 Å². The van der Waals surface area contributed by atoms with Crippen molar-refractivity contribution >= 4 is 11.7 Å². The monoisotopic (exact) mass is 306 g/mol. The van der Waals surface area contributed by atoms with E-state index in [0.717, 1.165) is 25.2 Å². The van der Waals surface area contributed by atoms with Crippen LogP contribution < -0.4 is 4.90 Å². The van der Waals surface area contributed by atoms with Crippen LogP contribution in [0.3, 0.4) is 0 Å². The lowest BCUT2D eigenvalue weighted by atomic mass is 10.1. The Balaban J connectivity index is 2.77. The Morgan fingerprint density at radius 1 is 1.18 bits per heavy atom. The molecule has 0 heterocycles. The van der Waals surface area contributed by atoms with Gasteiger partial charge in [0, 0.05) is 25.3 Å². The predicted molar refractivity (Wildman–Crippen MR) is 92.6 cm³/mol. The fraction of sp³-hybridized carbons (Fsp3) is 0.611. The molecule has 124 valence electrons. The molecular weight excluding hydrogens is 276 g/mol. The van der Waals surface area contributed by atoms with Gasteiger partial charge in [-0.05, 0) is 44.6 Å². The number of carbonyl (C=O) groups is 1. The van der Waals surface area contributed by atoms with Crippen LogP contribution in [-0.4, -0.2) is 49.7 Å². The van der Waals surface area contributed by atoms with Gasteiger partial charge >= 0.3 is 5.97 Å². The Bertz CT molecular complexity index is 443. The number of rotatable bonds is 10. The third-order valence-electron chi connectivity index (χ3n) is 3.85. The normalized spacial score (nSPS) is 12.4. The summed E-state index contributed by atoms with van der Waals surface area (Å²) >= 11 is 0. The van der Waals surface area contributed by atoms with Gasteiger partial charge in [0.05, 0.1) is 5.92 Å². The van der Waals surface area contributed by atoms with Crippen LogP contribution >= 0.6 is 0 Å². The van der Waals surface area contributed by atoms with Crippen LogP contribution in [-0.2, 0) is 11.2 Å². The quantitative estimate of drug-likeness (QED) is 0.721. The molecule has 0 fully saturated rings. The average molecular weight is 306 g/mol. The molecule has 1 aromatic rings. The molecule has 4 heteroatoms. The first kappa shape index (κ1) is 18.5. The zero-order valence-corrected chi connectivity index (χ0v) is 14.4. The molecule has 1 N–H and O–H groups in total. The van der Waals surface area contributed by atoms with Gasteiger partial charge in [-0.15, -0.1) is 0 Å². The highest BCUT2D eigenvalue weighted by Crippen LogP contribution is 2.18. The maximum Gasteiger partial charge on any atom is 0.308 e. The number of nitrogens with zero attached hydrogens (tertiary/aromatic N) is 2. The first-order valence-corrected chi connectivity index (χ1v) is 8.15. The van der Waals surface area contributed by atoms with E-state index in [1.165, 1.54) is 18.4 Å². The van der Waals surface area contributed by atoms with Crippen LogP contribution in [0.1, 0.15) is 32.3 Å². The van der Waals surface area contributed by atoms with Crippen molar-refractivity contribution in [3.63, 3.8) is 0 Å². The molecule has 0 amide bonds. The summed E-state index contributed by atoms with van der Waals surface area (Å²) in [5.41, 5.74) is 2.46. The lowest BCUT2D eigenvalue weighted by Crippen LogP contribution is -2.36. The van der Waals surface area contributed by atoms with Crippen molar-refractivity contribution in [1.82, 2.24) is 4.90 Å². The molecule has 0 aliphatic heterocycles. The number of anilines is 1. The lowest BCUT2D eigenvalue weighted by Gasteiger charge is -2.28. The first-order valence-electron chi connectivity index (χ1n) is 8.15. The minimum absolute atomic E-state index is 0.373. The molecule has 0 aromatic heterocycles. The molecule has 0 aliphatic carbocycles. The van der Waals surface area contributed by atoms with Gasteiger partial charge in [-0.2, -0.15) is 0 Å². The summed E-state index contributed by atoms with van der Waals surface area (Å²) in [4.78, 5) is 15.4. The van der Waals surface area contributed by atoms with Gasteiger partial charge in [0.15, 0.2) is 0 Å². The summed E-state index contributed by atoms with van der Waals surface area (Å²) in [6.07, 6.45) is 3.52. The van der Waals surface area contributed by atoms with Crippen molar-refractivity contribution in [3.05, 3.63) is 29.8 Å². The van der Waals surface area contributed by atoms with Crippen LogP contribution in [0, 0.1) is 5.92 Å². The summed E-state index contributed by atoms with van der Waals surface area (Å²) in [6, 6.07) is 8.57. The standard InChI is InChI=1S/C18H30N2O2/c1-5-6-7-16-8-10-17(11-9-16)20(13-12-19(3)4)14-15(2)18(21)22/h8-11,15H,5-7,12-14H2,1-4H3,(H,21,22). The van der Waals surface area contributed by atoms with E-state index < -0.39 is 5.97 Å². The summed E-state index contributed by atoms with van der Waals surface area (Å²) < 4.78 is 0. The van der Waals surface area contributed by atoms with Gasteiger partial charge in [-0.25, -0.2) is 0 Å². The Hall–Kier alpha value is -1.55. The molecule has 4 nitrogen and oxygen atoms in total. The Morgan fingerprint density at radius 2 is 1.82 bits per heavy atom. The van der Waals surface area contributed by atoms with E-state index in [4.69, 9.17) is 5.11 Å². The third-order valence-corrected chi connectivity index (χ3v) is 3.85. The third kappa shape index (κ3) is 6.48. The van der Waals surface area contributed by atoms with Crippen LogP contribution in [0.5, 0.6) is 0 Å². The number of unbranched alkanes of at least 4 members (excludes halogenated alkanes) is 1. The summed E-state index contributed by atoms with van der Waals surface area (Å²) in [6.45, 7) is 6.24. The Kier molecular flexibility index (Phi) is 7.96. The van der Waals surface area contributed by atoms with Gasteiger partial charge in [0.25, 0.3) is 0 Å². The summed E-state index contributed by atoms with van der Waals surface area (Å²) in [5.74, 6) is -1.11. The molecule has 1 aromatic carbocycles. The summed E-state index contributed by atoms with van der Waals surface area (Å²) in [7, 11) is 4.07. The van der Waals surface area contributed by atoms with Crippen molar-refractivity contribution in [2.24, 2.45) is 5.92 Å². The molecule has 0 bridgehead atoms.